The average Bonchev–Trinajstić information content (AvgIpc) is 3.03. The zero-order valence-electron chi connectivity index (χ0n) is 16.4. The van der Waals surface area contributed by atoms with Gasteiger partial charge in [-0.1, -0.05) is 18.2 Å². The highest BCUT2D eigenvalue weighted by Crippen LogP contribution is 2.32. The maximum Gasteiger partial charge on any atom is 0.255 e. The number of hydrogen-bond donors (Lipinski definition) is 1. The van der Waals surface area contributed by atoms with Crippen LogP contribution in [-0.4, -0.2) is 48.2 Å². The lowest BCUT2D eigenvalue weighted by atomic mass is 10.1. The van der Waals surface area contributed by atoms with E-state index in [1.165, 1.54) is 5.56 Å². The lowest BCUT2D eigenvalue weighted by Crippen LogP contribution is -2.39. The molecule has 0 spiro atoms. The summed E-state index contributed by atoms with van der Waals surface area (Å²) in [6.45, 7) is 6.60. The second-order valence-electron chi connectivity index (χ2n) is 7.50. The molecule has 2 aliphatic heterocycles. The van der Waals surface area contributed by atoms with Gasteiger partial charge in [0.1, 0.15) is 0 Å². The molecule has 1 atom stereocenters. The van der Waals surface area contributed by atoms with E-state index < -0.39 is 0 Å². The number of hydrogen-bond acceptors (Lipinski definition) is 5. The molecule has 0 aliphatic carbocycles. The first-order chi connectivity index (χ1) is 13.5. The molecule has 2 aliphatic rings. The number of rotatable bonds is 4. The van der Waals surface area contributed by atoms with Gasteiger partial charge >= 0.3 is 0 Å². The number of amides is 1. The van der Waals surface area contributed by atoms with E-state index in [1.54, 1.807) is 0 Å². The van der Waals surface area contributed by atoms with Crippen LogP contribution in [0.25, 0.3) is 0 Å². The first kappa shape index (κ1) is 18.7. The predicted octanol–water partition coefficient (Wildman–Crippen LogP) is 1.83. The molecule has 4 rings (SSSR count). The van der Waals surface area contributed by atoms with Crippen molar-refractivity contribution in [3.63, 3.8) is 0 Å². The summed E-state index contributed by atoms with van der Waals surface area (Å²) in [7, 11) is 0. The number of aryl methyl sites for hydroxylation is 1. The molecule has 0 unspecified atom stereocenters. The molecule has 0 saturated carbocycles. The fraction of sp³-hybridized carbons (Fsp3) is 0.476. The van der Waals surface area contributed by atoms with Crippen molar-refractivity contribution in [2.24, 2.45) is 0 Å². The number of anilines is 2. The number of benzene rings is 1. The molecule has 1 aromatic carbocycles. The summed E-state index contributed by atoms with van der Waals surface area (Å²) in [5.74, 6) is 0.636. The molecule has 28 heavy (non-hydrogen) atoms. The Balaban J connectivity index is 1.48. The molecule has 1 aromatic heterocycles. The van der Waals surface area contributed by atoms with Crippen molar-refractivity contribution < 1.29 is 9.53 Å². The molecular formula is C21H26N4O3. The van der Waals surface area contributed by atoms with Crippen LogP contribution in [-0.2, 0) is 22.4 Å². The van der Waals surface area contributed by atoms with Gasteiger partial charge in [-0.3, -0.25) is 14.6 Å². The summed E-state index contributed by atoms with van der Waals surface area (Å²) in [6, 6.07) is 8.17. The normalized spacial score (nSPS) is 19.0. The monoisotopic (exact) mass is 382 g/mol. The Kier molecular flexibility index (Phi) is 5.17. The van der Waals surface area contributed by atoms with Crippen LogP contribution >= 0.6 is 0 Å². The molecular weight excluding hydrogens is 356 g/mol. The number of carbonyl (C=O) groups excluding carboxylic acids is 1. The third-order valence-electron chi connectivity index (χ3n) is 5.59. The largest absolute Gasteiger partial charge is 0.378 e. The summed E-state index contributed by atoms with van der Waals surface area (Å²) in [6.07, 6.45) is 1.56. The summed E-state index contributed by atoms with van der Waals surface area (Å²) in [5, 5.41) is 0. The molecule has 0 radical (unpaired) electrons. The van der Waals surface area contributed by atoms with Gasteiger partial charge in [-0.25, -0.2) is 4.98 Å². The Labute approximate surface area is 164 Å². The Bertz CT molecular complexity index is 933. The van der Waals surface area contributed by atoms with Crippen molar-refractivity contribution in [2.45, 2.75) is 39.2 Å². The molecule has 3 heterocycles. The van der Waals surface area contributed by atoms with Gasteiger partial charge in [0.15, 0.2) is 0 Å². The minimum Gasteiger partial charge on any atom is -0.378 e. The molecule has 1 saturated heterocycles. The van der Waals surface area contributed by atoms with Gasteiger partial charge in [-0.2, -0.15) is 0 Å². The number of ether oxygens (including phenoxy) is 1. The second-order valence-corrected chi connectivity index (χ2v) is 7.50. The van der Waals surface area contributed by atoms with Gasteiger partial charge in [0.05, 0.1) is 13.2 Å². The lowest BCUT2D eigenvalue weighted by Gasteiger charge is -2.27. The fourth-order valence-electron chi connectivity index (χ4n) is 4.11. The number of nitrogens with one attached hydrogen (secondary N) is 1. The van der Waals surface area contributed by atoms with E-state index >= 15 is 0 Å². The Morgan fingerprint density at radius 1 is 1.29 bits per heavy atom. The molecule has 0 bridgehead atoms. The van der Waals surface area contributed by atoms with E-state index in [0.29, 0.717) is 56.4 Å². The number of carbonyl (C=O) groups is 1. The molecule has 7 heteroatoms. The van der Waals surface area contributed by atoms with Crippen molar-refractivity contribution in [1.82, 2.24) is 9.97 Å². The summed E-state index contributed by atoms with van der Waals surface area (Å²) < 4.78 is 5.35. The maximum atomic E-state index is 12.9. The smallest absolute Gasteiger partial charge is 0.255 e. The van der Waals surface area contributed by atoms with Crippen LogP contribution in [0.5, 0.6) is 0 Å². The van der Waals surface area contributed by atoms with Crippen molar-refractivity contribution in [3.8, 4) is 0 Å². The Morgan fingerprint density at radius 2 is 2.04 bits per heavy atom. The van der Waals surface area contributed by atoms with Gasteiger partial charge in [0.25, 0.3) is 5.56 Å². The van der Waals surface area contributed by atoms with Crippen molar-refractivity contribution in [1.29, 1.82) is 0 Å². The standard InChI is InChI=1S/C21H26N4O3/c1-14-13-16-5-3-4-6-18(16)25(14)19(26)8-7-17-15(2)22-21(23-20(17)27)24-9-11-28-12-10-24/h3-6,14H,7-13H2,1-2H3,(H,22,23,27)/t14-/m0/s1. The summed E-state index contributed by atoms with van der Waals surface area (Å²) in [5.41, 5.74) is 3.32. The Morgan fingerprint density at radius 3 is 2.79 bits per heavy atom. The first-order valence-corrected chi connectivity index (χ1v) is 9.87. The van der Waals surface area contributed by atoms with E-state index in [0.717, 1.165) is 12.1 Å². The SMILES string of the molecule is Cc1nc(N2CCOCC2)[nH]c(=O)c1CCC(=O)N1c2ccccc2C[C@@H]1C. The van der Waals surface area contributed by atoms with Crippen LogP contribution < -0.4 is 15.4 Å². The van der Waals surface area contributed by atoms with Crippen LogP contribution in [0.15, 0.2) is 29.1 Å². The van der Waals surface area contributed by atoms with Gasteiger partial charge in [0, 0.05) is 42.5 Å². The number of para-hydroxylation sites is 1. The van der Waals surface area contributed by atoms with Crippen molar-refractivity contribution in [2.75, 3.05) is 36.1 Å². The van der Waals surface area contributed by atoms with Crippen molar-refractivity contribution in [3.05, 3.63) is 51.4 Å². The topological polar surface area (TPSA) is 78.5 Å². The molecule has 2 aromatic rings. The van der Waals surface area contributed by atoms with Crippen LogP contribution in [0.2, 0.25) is 0 Å². The van der Waals surface area contributed by atoms with Gasteiger partial charge in [-0.15, -0.1) is 0 Å². The van der Waals surface area contributed by atoms with Crippen LogP contribution in [0, 0.1) is 6.92 Å². The zero-order valence-corrected chi connectivity index (χ0v) is 16.4. The predicted molar refractivity (Wildman–Crippen MR) is 108 cm³/mol. The minimum absolute atomic E-state index is 0.0495. The minimum atomic E-state index is -0.156. The Hall–Kier alpha value is -2.67. The number of nitrogens with zero attached hydrogens (tertiary/aromatic N) is 3. The van der Waals surface area contributed by atoms with Crippen LogP contribution in [0.4, 0.5) is 11.6 Å². The molecule has 7 nitrogen and oxygen atoms in total. The lowest BCUT2D eigenvalue weighted by molar-refractivity contribution is -0.118. The molecule has 1 fully saturated rings. The second kappa shape index (κ2) is 7.75. The van der Waals surface area contributed by atoms with E-state index in [1.807, 2.05) is 34.9 Å². The molecule has 1 N–H and O–H groups in total. The molecule has 1 amide bonds. The highest BCUT2D eigenvalue weighted by Gasteiger charge is 2.30. The third-order valence-corrected chi connectivity index (χ3v) is 5.59. The van der Waals surface area contributed by atoms with Crippen molar-refractivity contribution >= 4 is 17.5 Å². The number of fused-ring (bicyclic) bond motifs is 1. The van der Waals surface area contributed by atoms with Gasteiger partial charge in [0.2, 0.25) is 11.9 Å². The summed E-state index contributed by atoms with van der Waals surface area (Å²) >= 11 is 0. The quantitative estimate of drug-likeness (QED) is 0.873. The van der Waals surface area contributed by atoms with Crippen LogP contribution in [0.1, 0.15) is 30.2 Å². The number of H-pyrrole nitrogens is 1. The third kappa shape index (κ3) is 3.54. The highest BCUT2D eigenvalue weighted by atomic mass is 16.5. The first-order valence-electron chi connectivity index (χ1n) is 9.87. The zero-order chi connectivity index (χ0) is 19.7. The summed E-state index contributed by atoms with van der Waals surface area (Å²) in [4.78, 5) is 36.9. The fourth-order valence-corrected chi connectivity index (χ4v) is 4.11. The molecule has 148 valence electrons. The van der Waals surface area contributed by atoms with Gasteiger partial charge < -0.3 is 14.5 Å². The maximum absolute atomic E-state index is 12.9. The van der Waals surface area contributed by atoms with E-state index in [2.05, 4.69) is 23.0 Å². The average molecular weight is 382 g/mol. The van der Waals surface area contributed by atoms with Crippen LogP contribution in [0.3, 0.4) is 0 Å². The highest BCUT2D eigenvalue weighted by molar-refractivity contribution is 5.96. The van der Waals surface area contributed by atoms with E-state index in [4.69, 9.17) is 4.74 Å². The number of morpholine rings is 1. The number of aromatic nitrogens is 2. The number of aromatic amines is 1. The van der Waals surface area contributed by atoms with Gasteiger partial charge in [-0.05, 0) is 38.3 Å². The van der Waals surface area contributed by atoms with E-state index in [-0.39, 0.29) is 17.5 Å². The van der Waals surface area contributed by atoms with E-state index in [9.17, 15) is 9.59 Å².